The third kappa shape index (κ3) is 0.604. The summed E-state index contributed by atoms with van der Waals surface area (Å²) in [6, 6.07) is 0.895. The van der Waals surface area contributed by atoms with Crippen LogP contribution in [0.3, 0.4) is 0 Å². The predicted molar refractivity (Wildman–Crippen MR) is 39.2 cm³/mol. The molecule has 0 aliphatic carbocycles. The van der Waals surface area contributed by atoms with Crippen molar-refractivity contribution < 1.29 is 9.84 Å². The number of likely N-dealkylation sites (N-methyl/N-ethyl adjacent to an activating group) is 1. The van der Waals surface area contributed by atoms with Crippen LogP contribution in [0, 0.1) is 0 Å². The van der Waals surface area contributed by atoms with Crippen molar-refractivity contribution in [2.24, 2.45) is 0 Å². The summed E-state index contributed by atoms with van der Waals surface area (Å²) in [5.41, 5.74) is 0. The third-order valence-electron chi connectivity index (χ3n) is 3.51. The van der Waals surface area contributed by atoms with Crippen LogP contribution in [0.15, 0.2) is 0 Å². The first kappa shape index (κ1) is 6.40. The highest BCUT2D eigenvalue weighted by molar-refractivity contribution is 5.10. The monoisotopic (exact) mass is 155 g/mol. The zero-order valence-corrected chi connectivity index (χ0v) is 6.60. The van der Waals surface area contributed by atoms with Gasteiger partial charge in [0.15, 0.2) is 0 Å². The Bertz CT molecular complexity index is 175. The summed E-state index contributed by atoms with van der Waals surface area (Å²) in [6.45, 7) is 0. The van der Waals surface area contributed by atoms with Crippen molar-refractivity contribution >= 4 is 0 Å². The smallest absolute Gasteiger partial charge is 0.101 e. The van der Waals surface area contributed by atoms with Gasteiger partial charge in [0, 0.05) is 12.1 Å². The predicted octanol–water partition coefficient (Wildman–Crippen LogP) is -0.409. The van der Waals surface area contributed by atoms with E-state index in [1.54, 1.807) is 0 Å². The van der Waals surface area contributed by atoms with Crippen LogP contribution < -0.4 is 0 Å². The summed E-state index contributed by atoms with van der Waals surface area (Å²) in [7, 11) is 2.10. The van der Waals surface area contributed by atoms with Crippen LogP contribution in [-0.2, 0) is 4.74 Å². The molecule has 3 heteroatoms. The Balaban J connectivity index is 2.00. The average Bonchev–Trinajstić information content (AvgIpc) is 2.39. The van der Waals surface area contributed by atoms with Crippen LogP contribution in [0.4, 0.5) is 0 Å². The van der Waals surface area contributed by atoms with Gasteiger partial charge in [-0.25, -0.2) is 0 Å². The molecule has 4 heterocycles. The summed E-state index contributed by atoms with van der Waals surface area (Å²) >= 11 is 0. The molecule has 4 aliphatic heterocycles. The summed E-state index contributed by atoms with van der Waals surface area (Å²) in [6.07, 6.45) is 2.53. The summed E-state index contributed by atoms with van der Waals surface area (Å²) < 4.78 is 5.64. The van der Waals surface area contributed by atoms with Crippen LogP contribution in [0.25, 0.3) is 0 Å². The van der Waals surface area contributed by atoms with E-state index in [9.17, 15) is 5.11 Å². The lowest BCUT2D eigenvalue weighted by atomic mass is 10.0. The molecule has 11 heavy (non-hydrogen) atoms. The summed E-state index contributed by atoms with van der Waals surface area (Å²) in [5.74, 6) is 0. The molecule has 4 bridgehead atoms. The zero-order chi connectivity index (χ0) is 7.59. The first-order chi connectivity index (χ1) is 5.27. The minimum Gasteiger partial charge on any atom is -0.389 e. The van der Waals surface area contributed by atoms with Gasteiger partial charge in [-0.15, -0.1) is 0 Å². The molecule has 0 saturated carbocycles. The number of aliphatic hydroxyl groups excluding tert-OH is 1. The number of hydrogen-bond donors (Lipinski definition) is 1. The molecule has 62 valence electrons. The van der Waals surface area contributed by atoms with E-state index in [2.05, 4.69) is 11.9 Å². The molecule has 0 aromatic rings. The number of aliphatic hydroxyl groups is 1. The normalized spacial score (nSPS) is 61.1. The number of nitrogens with zero attached hydrogens (tertiary/aromatic N) is 1. The highest BCUT2D eigenvalue weighted by Crippen LogP contribution is 2.44. The van der Waals surface area contributed by atoms with Crippen molar-refractivity contribution in [1.29, 1.82) is 0 Å². The highest BCUT2D eigenvalue weighted by Gasteiger charge is 2.57. The maximum atomic E-state index is 9.71. The summed E-state index contributed by atoms with van der Waals surface area (Å²) in [4.78, 5) is 2.29. The van der Waals surface area contributed by atoms with Gasteiger partial charge in [-0.05, 0) is 19.9 Å². The Morgan fingerprint density at radius 1 is 1.36 bits per heavy atom. The Kier molecular flexibility index (Phi) is 1.04. The van der Waals surface area contributed by atoms with E-state index >= 15 is 0 Å². The molecular formula is C8H13NO2. The third-order valence-corrected chi connectivity index (χ3v) is 3.51. The molecule has 4 saturated heterocycles. The van der Waals surface area contributed by atoms with Crippen molar-refractivity contribution in [2.75, 3.05) is 7.05 Å². The second-order valence-corrected chi connectivity index (χ2v) is 3.98. The number of hydrogen-bond acceptors (Lipinski definition) is 3. The Morgan fingerprint density at radius 3 is 2.73 bits per heavy atom. The molecule has 0 aromatic carbocycles. The molecule has 4 aliphatic rings. The van der Waals surface area contributed by atoms with Gasteiger partial charge in [0.05, 0.1) is 12.2 Å². The maximum Gasteiger partial charge on any atom is 0.101 e. The van der Waals surface area contributed by atoms with Crippen LogP contribution in [0.2, 0.25) is 0 Å². The SMILES string of the molecule is CN1[C@@H]2C[C@@H]3C[C@H]1[C@@H](O3)[C@@H]2O. The number of ether oxygens (including phenoxy) is 1. The lowest BCUT2D eigenvalue weighted by Gasteiger charge is -2.33. The molecule has 5 atom stereocenters. The Morgan fingerprint density at radius 2 is 2.09 bits per heavy atom. The molecular weight excluding hydrogens is 142 g/mol. The van der Waals surface area contributed by atoms with Crippen LogP contribution >= 0.6 is 0 Å². The van der Waals surface area contributed by atoms with Crippen molar-refractivity contribution in [2.45, 2.75) is 43.2 Å². The molecule has 0 amide bonds. The van der Waals surface area contributed by atoms with Gasteiger partial charge in [-0.2, -0.15) is 0 Å². The molecule has 0 unspecified atom stereocenters. The van der Waals surface area contributed by atoms with E-state index < -0.39 is 0 Å². The largest absolute Gasteiger partial charge is 0.389 e. The van der Waals surface area contributed by atoms with Crippen LogP contribution in [0.5, 0.6) is 0 Å². The van der Waals surface area contributed by atoms with E-state index in [1.165, 1.54) is 0 Å². The molecule has 4 fully saturated rings. The summed E-state index contributed by atoms with van der Waals surface area (Å²) in [5, 5.41) is 9.71. The fourth-order valence-corrected chi connectivity index (χ4v) is 2.91. The highest BCUT2D eigenvalue weighted by atomic mass is 16.5. The lowest BCUT2D eigenvalue weighted by Crippen LogP contribution is -2.44. The average molecular weight is 155 g/mol. The van der Waals surface area contributed by atoms with E-state index in [-0.39, 0.29) is 12.2 Å². The van der Waals surface area contributed by atoms with E-state index in [0.29, 0.717) is 18.2 Å². The number of rotatable bonds is 0. The molecule has 4 rings (SSSR count). The van der Waals surface area contributed by atoms with Gasteiger partial charge >= 0.3 is 0 Å². The number of piperidine rings is 1. The van der Waals surface area contributed by atoms with E-state index in [1.807, 2.05) is 0 Å². The second kappa shape index (κ2) is 1.79. The van der Waals surface area contributed by atoms with E-state index in [4.69, 9.17) is 4.74 Å². The lowest BCUT2D eigenvalue weighted by molar-refractivity contribution is -0.0758. The standard InChI is InChI=1S/C8H13NO2/c1-9-5-2-4-3-6(9)8(11-4)7(5)10/h4-8,10H,2-3H2,1H3/t4-,5-,6+,7-,8-/m1/s1. The molecule has 0 radical (unpaired) electrons. The van der Waals surface area contributed by atoms with E-state index in [0.717, 1.165) is 12.8 Å². The van der Waals surface area contributed by atoms with Gasteiger partial charge in [-0.1, -0.05) is 0 Å². The van der Waals surface area contributed by atoms with Crippen molar-refractivity contribution in [1.82, 2.24) is 4.90 Å². The van der Waals surface area contributed by atoms with Crippen LogP contribution in [-0.4, -0.2) is 47.4 Å². The molecule has 0 spiro atoms. The van der Waals surface area contributed by atoms with Crippen molar-refractivity contribution in [3.8, 4) is 0 Å². The minimum absolute atomic E-state index is 0.128. The maximum absolute atomic E-state index is 9.71. The van der Waals surface area contributed by atoms with Gasteiger partial charge < -0.3 is 9.84 Å². The van der Waals surface area contributed by atoms with Gasteiger partial charge in [0.2, 0.25) is 0 Å². The topological polar surface area (TPSA) is 32.7 Å². The zero-order valence-electron chi connectivity index (χ0n) is 6.60. The molecule has 0 aromatic heterocycles. The Hall–Kier alpha value is -0.120. The Labute approximate surface area is 65.9 Å². The molecule has 1 N–H and O–H groups in total. The van der Waals surface area contributed by atoms with Gasteiger partial charge in [0.25, 0.3) is 0 Å². The van der Waals surface area contributed by atoms with Crippen LogP contribution in [0.1, 0.15) is 12.8 Å². The van der Waals surface area contributed by atoms with Gasteiger partial charge in [0.1, 0.15) is 6.10 Å². The first-order valence-electron chi connectivity index (χ1n) is 4.33. The molecule has 3 nitrogen and oxygen atoms in total. The second-order valence-electron chi connectivity index (χ2n) is 3.98. The van der Waals surface area contributed by atoms with Crippen molar-refractivity contribution in [3.63, 3.8) is 0 Å². The minimum atomic E-state index is -0.219. The van der Waals surface area contributed by atoms with Gasteiger partial charge in [-0.3, -0.25) is 4.90 Å². The fourth-order valence-electron chi connectivity index (χ4n) is 2.91. The fraction of sp³-hybridized carbons (Fsp3) is 1.00. The van der Waals surface area contributed by atoms with Crippen molar-refractivity contribution in [3.05, 3.63) is 0 Å². The first-order valence-corrected chi connectivity index (χ1v) is 4.33. The quantitative estimate of drug-likeness (QED) is 0.516.